The van der Waals surface area contributed by atoms with Crippen molar-refractivity contribution in [3.8, 4) is 11.3 Å². The molecule has 132 valence electrons. The van der Waals surface area contributed by atoms with Gasteiger partial charge in [0.05, 0.1) is 29.1 Å². The van der Waals surface area contributed by atoms with Crippen molar-refractivity contribution >= 4 is 27.9 Å². The van der Waals surface area contributed by atoms with E-state index in [4.69, 9.17) is 0 Å². The van der Waals surface area contributed by atoms with Crippen molar-refractivity contribution in [1.82, 2.24) is 39.6 Å². The van der Waals surface area contributed by atoms with Crippen LogP contribution >= 0.6 is 0 Å². The van der Waals surface area contributed by atoms with E-state index in [-0.39, 0.29) is 10.9 Å². The Morgan fingerprint density at radius 3 is 2.85 bits per heavy atom. The number of hydrogen-bond donors (Lipinski definition) is 0. The Morgan fingerprint density at radius 2 is 2.00 bits per heavy atom. The Morgan fingerprint density at radius 1 is 1.07 bits per heavy atom. The highest BCUT2D eigenvalue weighted by molar-refractivity contribution is 7.91. The molecule has 10 heteroatoms. The highest BCUT2D eigenvalue weighted by Gasteiger charge is 2.24. The van der Waals surface area contributed by atoms with Gasteiger partial charge in [0.25, 0.3) is 5.78 Å². The van der Waals surface area contributed by atoms with Gasteiger partial charge < -0.3 is 4.55 Å². The smallest absolute Gasteiger partial charge is 0.371 e. The van der Waals surface area contributed by atoms with Gasteiger partial charge in [-0.2, -0.15) is 10.2 Å². The molecule has 4 heterocycles. The first-order valence-corrected chi connectivity index (χ1v) is 9.18. The van der Waals surface area contributed by atoms with Crippen LogP contribution in [0, 0.1) is 0 Å². The third-order valence-electron chi connectivity index (χ3n) is 4.06. The summed E-state index contributed by atoms with van der Waals surface area (Å²) in [6.45, 7) is 0. The van der Waals surface area contributed by atoms with Gasteiger partial charge in [0.2, 0.25) is 0 Å². The maximum atomic E-state index is 13.1. The molecule has 0 spiro atoms. The second-order valence-electron chi connectivity index (χ2n) is 5.87. The minimum atomic E-state index is -1.57. The zero-order chi connectivity index (χ0) is 18.4. The molecule has 0 bridgehead atoms. The SMILES string of the molecule is Cn1cc(-c2cnc3nnc([S+]([O-])c4ccc5ncccc5c4)n3n2)cn1. The normalized spacial score (nSPS) is 12.7. The third-order valence-corrected chi connectivity index (χ3v) is 5.33. The van der Waals surface area contributed by atoms with E-state index in [1.165, 1.54) is 4.52 Å². The van der Waals surface area contributed by atoms with Crippen molar-refractivity contribution in [2.45, 2.75) is 10.1 Å². The van der Waals surface area contributed by atoms with Crippen LogP contribution in [0.1, 0.15) is 0 Å². The summed E-state index contributed by atoms with van der Waals surface area (Å²) in [6.07, 6.45) is 6.83. The quantitative estimate of drug-likeness (QED) is 0.440. The third kappa shape index (κ3) is 2.71. The van der Waals surface area contributed by atoms with Crippen molar-refractivity contribution in [1.29, 1.82) is 0 Å². The van der Waals surface area contributed by atoms with E-state index in [0.29, 0.717) is 10.6 Å². The van der Waals surface area contributed by atoms with E-state index in [1.54, 1.807) is 29.3 Å². The fourth-order valence-corrected chi connectivity index (χ4v) is 3.78. The molecule has 1 unspecified atom stereocenters. The molecule has 0 saturated carbocycles. The van der Waals surface area contributed by atoms with E-state index < -0.39 is 11.2 Å². The number of aryl methyl sites for hydroxylation is 1. The molecule has 1 atom stereocenters. The molecule has 1 aromatic carbocycles. The molecule has 0 amide bonds. The molecule has 0 saturated heterocycles. The molecule has 5 aromatic rings. The summed E-state index contributed by atoms with van der Waals surface area (Å²) in [7, 11) is 1.82. The average molecular weight is 376 g/mol. The lowest BCUT2D eigenvalue weighted by Gasteiger charge is -2.07. The van der Waals surface area contributed by atoms with Crippen molar-refractivity contribution in [2.75, 3.05) is 0 Å². The lowest BCUT2D eigenvalue weighted by molar-refractivity contribution is 0.580. The van der Waals surface area contributed by atoms with Crippen LogP contribution in [0.4, 0.5) is 0 Å². The van der Waals surface area contributed by atoms with Crippen LogP contribution in [0.5, 0.6) is 0 Å². The van der Waals surface area contributed by atoms with Crippen LogP contribution in [0.15, 0.2) is 65.2 Å². The summed E-state index contributed by atoms with van der Waals surface area (Å²) in [5, 5.41) is 17.8. The number of fused-ring (bicyclic) bond motifs is 2. The van der Waals surface area contributed by atoms with Crippen LogP contribution in [-0.4, -0.2) is 44.1 Å². The molecule has 9 nitrogen and oxygen atoms in total. The zero-order valence-corrected chi connectivity index (χ0v) is 14.9. The van der Waals surface area contributed by atoms with Gasteiger partial charge in [-0.3, -0.25) is 9.67 Å². The predicted octanol–water partition coefficient (Wildman–Crippen LogP) is 1.63. The second-order valence-corrected chi connectivity index (χ2v) is 7.24. The summed E-state index contributed by atoms with van der Waals surface area (Å²) < 4.78 is 16.2. The largest absolute Gasteiger partial charge is 0.604 e. The number of aromatic nitrogens is 8. The summed E-state index contributed by atoms with van der Waals surface area (Å²) >= 11 is -1.57. The topological polar surface area (TPSA) is 110 Å². The van der Waals surface area contributed by atoms with Gasteiger partial charge in [-0.1, -0.05) is 11.2 Å². The molecular weight excluding hydrogens is 364 g/mol. The van der Waals surface area contributed by atoms with Gasteiger partial charge in [0.1, 0.15) is 5.69 Å². The first-order valence-electron chi connectivity index (χ1n) is 8.03. The lowest BCUT2D eigenvalue weighted by atomic mass is 10.2. The first-order chi connectivity index (χ1) is 13.2. The Kier molecular flexibility index (Phi) is 3.59. The minimum absolute atomic E-state index is 0.214. The molecule has 0 aliphatic carbocycles. The van der Waals surface area contributed by atoms with E-state index in [2.05, 4.69) is 30.4 Å². The second kappa shape index (κ2) is 6.11. The summed E-state index contributed by atoms with van der Waals surface area (Å²) in [5.74, 6) is 0.286. The lowest BCUT2D eigenvalue weighted by Crippen LogP contribution is -2.10. The molecule has 0 aliphatic heterocycles. The molecule has 4 aromatic heterocycles. The zero-order valence-electron chi connectivity index (χ0n) is 14.1. The molecule has 0 radical (unpaired) electrons. The monoisotopic (exact) mass is 376 g/mol. The number of pyridine rings is 1. The van der Waals surface area contributed by atoms with E-state index in [1.807, 2.05) is 37.5 Å². The van der Waals surface area contributed by atoms with Gasteiger partial charge in [0, 0.05) is 36.5 Å². The van der Waals surface area contributed by atoms with Gasteiger partial charge in [-0.15, -0.1) is 9.61 Å². The van der Waals surface area contributed by atoms with Crippen molar-refractivity contribution < 1.29 is 4.55 Å². The number of benzene rings is 1. The molecule has 0 N–H and O–H groups in total. The van der Waals surface area contributed by atoms with Gasteiger partial charge in [0.15, 0.2) is 4.90 Å². The Bertz CT molecular complexity index is 1280. The van der Waals surface area contributed by atoms with Crippen molar-refractivity contribution in [2.24, 2.45) is 7.05 Å². The minimum Gasteiger partial charge on any atom is -0.604 e. The van der Waals surface area contributed by atoms with Crippen LogP contribution < -0.4 is 0 Å². The fraction of sp³-hybridized carbons (Fsp3) is 0.0588. The van der Waals surface area contributed by atoms with Crippen LogP contribution in [0.2, 0.25) is 0 Å². The van der Waals surface area contributed by atoms with Crippen LogP contribution in [-0.2, 0) is 18.2 Å². The highest BCUT2D eigenvalue weighted by Crippen LogP contribution is 2.23. The number of hydrogen-bond acceptors (Lipinski definition) is 7. The first kappa shape index (κ1) is 15.9. The van der Waals surface area contributed by atoms with E-state index in [0.717, 1.165) is 16.5 Å². The number of rotatable bonds is 3. The Balaban J connectivity index is 1.60. The fourth-order valence-electron chi connectivity index (χ4n) is 2.75. The summed E-state index contributed by atoms with van der Waals surface area (Å²) in [6, 6.07) is 9.19. The van der Waals surface area contributed by atoms with E-state index >= 15 is 0 Å². The Hall–Kier alpha value is -3.37. The van der Waals surface area contributed by atoms with E-state index in [9.17, 15) is 4.55 Å². The predicted molar refractivity (Wildman–Crippen MR) is 97.2 cm³/mol. The number of nitrogens with zero attached hydrogens (tertiary/aromatic N) is 8. The molecule has 5 rings (SSSR count). The average Bonchev–Trinajstić information content (AvgIpc) is 3.32. The van der Waals surface area contributed by atoms with Crippen molar-refractivity contribution in [3.63, 3.8) is 0 Å². The standard InChI is InChI=1S/C17H12N8OS/c1-24-10-12(8-20-24)15-9-19-16-21-22-17(25(16)23-15)27(26)13-4-5-14-11(7-13)3-2-6-18-14/h2-10H,1H3. The molecule has 0 aliphatic rings. The molecule has 0 fully saturated rings. The highest BCUT2D eigenvalue weighted by atomic mass is 32.2. The maximum absolute atomic E-state index is 13.1. The van der Waals surface area contributed by atoms with Crippen molar-refractivity contribution in [3.05, 3.63) is 55.1 Å². The van der Waals surface area contributed by atoms with Gasteiger partial charge >= 0.3 is 5.16 Å². The van der Waals surface area contributed by atoms with Crippen LogP contribution in [0.25, 0.3) is 27.9 Å². The summed E-state index contributed by atoms with van der Waals surface area (Å²) in [5.41, 5.74) is 2.23. The van der Waals surface area contributed by atoms with Crippen LogP contribution in [0.3, 0.4) is 0 Å². The summed E-state index contributed by atoms with van der Waals surface area (Å²) in [4.78, 5) is 9.13. The van der Waals surface area contributed by atoms with Gasteiger partial charge in [-0.25, -0.2) is 4.98 Å². The Labute approximate surface area is 155 Å². The molecule has 27 heavy (non-hydrogen) atoms. The molecular formula is C17H12N8OS. The van der Waals surface area contributed by atoms with Gasteiger partial charge in [-0.05, 0) is 18.2 Å². The maximum Gasteiger partial charge on any atom is 0.371 e.